The van der Waals surface area contributed by atoms with Crippen LogP contribution in [-0.2, 0) is 10.0 Å². The summed E-state index contributed by atoms with van der Waals surface area (Å²) in [5, 5.41) is 15.1. The number of carbonyl (C=O) groups is 1. The summed E-state index contributed by atoms with van der Waals surface area (Å²) in [5.74, 6) is -0.465. The van der Waals surface area contributed by atoms with E-state index >= 15 is 0 Å². The second kappa shape index (κ2) is 7.93. The number of amides is 1. The summed E-state index contributed by atoms with van der Waals surface area (Å²) in [6.45, 7) is 6.62. The van der Waals surface area contributed by atoms with Gasteiger partial charge in [0.05, 0.1) is 11.8 Å². The summed E-state index contributed by atoms with van der Waals surface area (Å²) < 4.78 is 29.0. The van der Waals surface area contributed by atoms with E-state index in [-0.39, 0.29) is 48.8 Å². The highest BCUT2D eigenvalue weighted by Gasteiger charge is 2.32. The molecule has 0 bridgehead atoms. The van der Waals surface area contributed by atoms with Gasteiger partial charge in [-0.25, -0.2) is 18.1 Å². The van der Waals surface area contributed by atoms with Crippen LogP contribution in [0.4, 0.5) is 0 Å². The molecule has 9 nitrogen and oxygen atoms in total. The molecule has 0 unspecified atom stereocenters. The molecule has 1 aliphatic rings. The second-order valence-electron chi connectivity index (χ2n) is 7.99. The molecule has 0 saturated carbocycles. The molecule has 0 spiro atoms. The molecule has 2 aromatic heterocycles. The number of aromatic nitrogens is 3. The summed E-state index contributed by atoms with van der Waals surface area (Å²) in [4.78, 5) is 18.9. The maximum Gasteiger partial charge on any atom is 0.255 e. The smallest absolute Gasteiger partial charge is 0.255 e. The molecule has 164 valence electrons. The molecule has 31 heavy (non-hydrogen) atoms. The van der Waals surface area contributed by atoms with Crippen molar-refractivity contribution in [3.8, 4) is 5.75 Å². The Bertz CT molecular complexity index is 1240. The van der Waals surface area contributed by atoms with Gasteiger partial charge in [-0.05, 0) is 44.5 Å². The van der Waals surface area contributed by atoms with Crippen molar-refractivity contribution >= 4 is 27.0 Å². The van der Waals surface area contributed by atoms with Crippen molar-refractivity contribution in [2.45, 2.75) is 31.7 Å². The van der Waals surface area contributed by atoms with E-state index in [4.69, 9.17) is 0 Å². The third-order valence-corrected chi connectivity index (χ3v) is 7.36. The Hall–Kier alpha value is -2.98. The van der Waals surface area contributed by atoms with Crippen molar-refractivity contribution in [3.63, 3.8) is 0 Å². The van der Waals surface area contributed by atoms with Gasteiger partial charge < -0.3 is 10.0 Å². The largest absolute Gasteiger partial charge is 0.507 e. The Morgan fingerprint density at radius 1 is 1.10 bits per heavy atom. The van der Waals surface area contributed by atoms with Gasteiger partial charge in [-0.1, -0.05) is 6.07 Å². The van der Waals surface area contributed by atoms with Crippen LogP contribution in [0.2, 0.25) is 0 Å². The van der Waals surface area contributed by atoms with Gasteiger partial charge in [-0.2, -0.15) is 9.40 Å². The number of hydrogen-bond donors (Lipinski definition) is 1. The van der Waals surface area contributed by atoms with Gasteiger partial charge >= 0.3 is 0 Å². The lowest BCUT2D eigenvalue weighted by Crippen LogP contribution is -2.50. The number of aryl methyl sites for hydroxylation is 1. The van der Waals surface area contributed by atoms with Crippen LogP contribution < -0.4 is 0 Å². The van der Waals surface area contributed by atoms with Crippen molar-refractivity contribution in [2.75, 3.05) is 26.2 Å². The number of phenols is 1. The number of pyridine rings is 1. The number of benzene rings is 1. The molecule has 1 N–H and O–H groups in total. The van der Waals surface area contributed by atoms with Gasteiger partial charge in [-0.3, -0.25) is 4.79 Å². The molecule has 0 radical (unpaired) electrons. The van der Waals surface area contributed by atoms with Gasteiger partial charge in [0.15, 0.2) is 5.65 Å². The normalized spacial score (nSPS) is 15.7. The van der Waals surface area contributed by atoms with Crippen LogP contribution in [0.15, 0.2) is 41.6 Å². The van der Waals surface area contributed by atoms with Gasteiger partial charge in [0.25, 0.3) is 5.91 Å². The lowest BCUT2D eigenvalue weighted by atomic mass is 10.2. The van der Waals surface area contributed by atoms with Crippen LogP contribution in [0.1, 0.15) is 35.8 Å². The van der Waals surface area contributed by atoms with Gasteiger partial charge in [0.1, 0.15) is 10.6 Å². The monoisotopic (exact) mass is 443 g/mol. The van der Waals surface area contributed by atoms with Crippen molar-refractivity contribution in [1.29, 1.82) is 0 Å². The summed E-state index contributed by atoms with van der Waals surface area (Å²) in [7, 11) is -3.84. The molecule has 1 amide bonds. The maximum atomic E-state index is 13.0. The standard InChI is InChI=1S/C21H25N5O4S/c1-14(2)26-20-16(13-23-26)11-17(12-22-20)21(28)24-6-8-25(9-7-24)31(29,30)19-10-15(3)4-5-18(19)27/h4-5,10-14,27H,6-9H2,1-3H3. The molecule has 3 aromatic rings. The average Bonchev–Trinajstić information content (AvgIpc) is 3.18. The van der Waals surface area contributed by atoms with E-state index in [1.54, 1.807) is 41.0 Å². The summed E-state index contributed by atoms with van der Waals surface area (Å²) in [6, 6.07) is 6.42. The zero-order chi connectivity index (χ0) is 22.3. The number of piperazine rings is 1. The van der Waals surface area contributed by atoms with Gasteiger partial charge in [-0.15, -0.1) is 0 Å². The summed E-state index contributed by atoms with van der Waals surface area (Å²) >= 11 is 0. The first-order valence-corrected chi connectivity index (χ1v) is 11.5. The molecule has 4 rings (SSSR count). The Balaban J connectivity index is 1.49. The number of hydrogen-bond acceptors (Lipinski definition) is 6. The molecule has 3 heterocycles. The fourth-order valence-electron chi connectivity index (χ4n) is 3.72. The molecular formula is C21H25N5O4S. The highest BCUT2D eigenvalue weighted by atomic mass is 32.2. The van der Waals surface area contributed by atoms with Crippen molar-refractivity contribution < 1.29 is 18.3 Å². The molecular weight excluding hydrogens is 418 g/mol. The van der Waals surface area contributed by atoms with Crippen LogP contribution in [0.3, 0.4) is 0 Å². The predicted octanol–water partition coefficient (Wildman–Crippen LogP) is 2.17. The second-order valence-corrected chi connectivity index (χ2v) is 9.89. The average molecular weight is 444 g/mol. The maximum absolute atomic E-state index is 13.0. The first kappa shape index (κ1) is 21.3. The zero-order valence-electron chi connectivity index (χ0n) is 17.7. The van der Waals surface area contributed by atoms with Crippen LogP contribution in [0, 0.1) is 6.92 Å². The Kier molecular flexibility index (Phi) is 5.44. The number of aromatic hydroxyl groups is 1. The van der Waals surface area contributed by atoms with Crippen molar-refractivity contribution in [2.24, 2.45) is 0 Å². The lowest BCUT2D eigenvalue weighted by molar-refractivity contribution is 0.0697. The molecule has 0 atom stereocenters. The van der Waals surface area contributed by atoms with E-state index in [1.807, 2.05) is 13.8 Å². The minimum atomic E-state index is -3.84. The van der Waals surface area contributed by atoms with E-state index in [9.17, 15) is 18.3 Å². The van der Waals surface area contributed by atoms with Gasteiger partial charge in [0.2, 0.25) is 10.0 Å². The van der Waals surface area contributed by atoms with Crippen LogP contribution in [0.25, 0.3) is 11.0 Å². The lowest BCUT2D eigenvalue weighted by Gasteiger charge is -2.34. The molecule has 0 aliphatic carbocycles. The Labute approximate surface area is 181 Å². The van der Waals surface area contributed by atoms with E-state index in [0.29, 0.717) is 5.56 Å². The van der Waals surface area contributed by atoms with Crippen LogP contribution >= 0.6 is 0 Å². The fraction of sp³-hybridized carbons (Fsp3) is 0.381. The van der Waals surface area contributed by atoms with Crippen LogP contribution in [-0.4, -0.2) is 69.6 Å². The quantitative estimate of drug-likeness (QED) is 0.662. The number of nitrogens with zero attached hydrogens (tertiary/aromatic N) is 5. The van der Waals surface area contributed by atoms with E-state index in [1.165, 1.54) is 16.4 Å². The molecule has 1 saturated heterocycles. The zero-order valence-corrected chi connectivity index (χ0v) is 18.5. The molecule has 1 aliphatic heterocycles. The van der Waals surface area contributed by atoms with Crippen LogP contribution in [0.5, 0.6) is 5.75 Å². The minimum absolute atomic E-state index is 0.107. The van der Waals surface area contributed by atoms with Gasteiger partial charge in [0, 0.05) is 43.8 Å². The van der Waals surface area contributed by atoms with Crippen molar-refractivity contribution in [1.82, 2.24) is 24.0 Å². The Morgan fingerprint density at radius 2 is 1.81 bits per heavy atom. The van der Waals surface area contributed by atoms with Crippen molar-refractivity contribution in [3.05, 3.63) is 47.8 Å². The number of fused-ring (bicyclic) bond motifs is 1. The third-order valence-electron chi connectivity index (χ3n) is 5.43. The number of rotatable bonds is 4. The van der Waals surface area contributed by atoms with E-state index in [2.05, 4.69) is 10.1 Å². The summed E-state index contributed by atoms with van der Waals surface area (Å²) in [6.07, 6.45) is 3.23. The first-order chi connectivity index (χ1) is 14.7. The number of phenolic OH excluding ortho intramolecular Hbond substituents is 1. The highest BCUT2D eigenvalue weighted by Crippen LogP contribution is 2.27. The molecule has 1 aromatic carbocycles. The highest BCUT2D eigenvalue weighted by molar-refractivity contribution is 7.89. The number of carbonyl (C=O) groups excluding carboxylic acids is 1. The first-order valence-electron chi connectivity index (χ1n) is 10.1. The molecule has 10 heteroatoms. The molecule has 1 fully saturated rings. The SMILES string of the molecule is Cc1ccc(O)c(S(=O)(=O)N2CCN(C(=O)c3cnc4c(cnn4C(C)C)c3)CC2)c1. The fourth-order valence-corrected chi connectivity index (χ4v) is 5.31. The minimum Gasteiger partial charge on any atom is -0.507 e. The number of sulfonamides is 1. The topological polar surface area (TPSA) is 109 Å². The van der Waals surface area contributed by atoms with E-state index < -0.39 is 10.0 Å². The summed E-state index contributed by atoms with van der Waals surface area (Å²) in [5.41, 5.74) is 1.91. The Morgan fingerprint density at radius 3 is 2.48 bits per heavy atom. The predicted molar refractivity (Wildman–Crippen MR) is 115 cm³/mol. The van der Waals surface area contributed by atoms with E-state index in [0.717, 1.165) is 16.6 Å². The third kappa shape index (κ3) is 3.88.